The largest absolute Gasteiger partial charge is 0.465 e. The molecule has 2 aromatic heterocycles. The van der Waals surface area contributed by atoms with Crippen molar-refractivity contribution in [3.8, 4) is 5.69 Å². The monoisotopic (exact) mass is 472 g/mol. The molecule has 0 amide bonds. The second-order valence-corrected chi connectivity index (χ2v) is 8.17. The van der Waals surface area contributed by atoms with Crippen LogP contribution in [0.25, 0.3) is 5.69 Å². The zero-order chi connectivity index (χ0) is 23.7. The zero-order valence-electron chi connectivity index (χ0n) is 18.3. The molecule has 2 aromatic carbocycles. The fraction of sp³-hybridized carbons (Fsp3) is 0.115. The molecule has 34 heavy (non-hydrogen) atoms. The highest BCUT2D eigenvalue weighted by Gasteiger charge is 2.42. The summed E-state index contributed by atoms with van der Waals surface area (Å²) in [5.41, 5.74) is 3.57. The van der Waals surface area contributed by atoms with Crippen molar-refractivity contribution in [2.75, 3.05) is 12.0 Å². The molecule has 5 rings (SSSR count). The van der Waals surface area contributed by atoms with Gasteiger partial charge in [0.2, 0.25) is 0 Å². The van der Waals surface area contributed by atoms with Crippen LogP contribution in [-0.4, -0.2) is 27.7 Å². The number of para-hydroxylation sites is 1. The molecule has 0 bridgehead atoms. The SMILES string of the molecule is COC(=O)c1ccccc1-n1cccc1[C@H]1[C@@H](c2ccccn2)NC(=S)N1c1ccc(F)cc1. The molecule has 170 valence electrons. The number of pyridine rings is 1. The number of methoxy groups -OCH3 is 1. The smallest absolute Gasteiger partial charge is 0.339 e. The minimum atomic E-state index is -0.424. The summed E-state index contributed by atoms with van der Waals surface area (Å²) >= 11 is 5.74. The maximum absolute atomic E-state index is 13.7. The molecule has 1 aliphatic rings. The number of hydrogen-bond donors (Lipinski definition) is 1. The van der Waals surface area contributed by atoms with Crippen LogP contribution in [0.1, 0.15) is 33.8 Å². The molecule has 0 radical (unpaired) electrons. The molecule has 0 spiro atoms. The Morgan fingerprint density at radius 2 is 1.79 bits per heavy atom. The normalized spacial score (nSPS) is 17.5. The van der Waals surface area contributed by atoms with Crippen molar-refractivity contribution in [1.29, 1.82) is 0 Å². The number of aromatic nitrogens is 2. The molecular weight excluding hydrogens is 451 g/mol. The lowest BCUT2D eigenvalue weighted by Crippen LogP contribution is -2.30. The summed E-state index contributed by atoms with van der Waals surface area (Å²) in [7, 11) is 1.36. The number of carbonyl (C=O) groups excluding carboxylic acids is 1. The Morgan fingerprint density at radius 3 is 2.53 bits per heavy atom. The van der Waals surface area contributed by atoms with Crippen molar-refractivity contribution in [2.24, 2.45) is 0 Å². The minimum Gasteiger partial charge on any atom is -0.465 e. The van der Waals surface area contributed by atoms with E-state index in [-0.39, 0.29) is 17.9 Å². The maximum Gasteiger partial charge on any atom is 0.339 e. The minimum absolute atomic E-state index is 0.280. The first-order valence-corrected chi connectivity index (χ1v) is 11.1. The summed E-state index contributed by atoms with van der Waals surface area (Å²) in [5.74, 6) is -0.748. The number of benzene rings is 2. The van der Waals surface area contributed by atoms with E-state index >= 15 is 0 Å². The van der Waals surface area contributed by atoms with Crippen LogP contribution >= 0.6 is 12.2 Å². The van der Waals surface area contributed by atoms with Gasteiger partial charge in [0, 0.05) is 23.8 Å². The zero-order valence-corrected chi connectivity index (χ0v) is 19.1. The van der Waals surface area contributed by atoms with Gasteiger partial charge in [-0.1, -0.05) is 18.2 Å². The van der Waals surface area contributed by atoms with Crippen molar-refractivity contribution < 1.29 is 13.9 Å². The van der Waals surface area contributed by atoms with Crippen LogP contribution in [0.2, 0.25) is 0 Å². The Kier molecular flexibility index (Phi) is 5.81. The predicted molar refractivity (Wildman–Crippen MR) is 131 cm³/mol. The Morgan fingerprint density at radius 1 is 1.03 bits per heavy atom. The van der Waals surface area contributed by atoms with Crippen molar-refractivity contribution in [3.05, 3.63) is 114 Å². The molecule has 2 atom stereocenters. The van der Waals surface area contributed by atoms with E-state index < -0.39 is 5.97 Å². The lowest BCUT2D eigenvalue weighted by Gasteiger charge is -2.29. The van der Waals surface area contributed by atoms with Gasteiger partial charge in [-0.25, -0.2) is 9.18 Å². The highest BCUT2D eigenvalue weighted by molar-refractivity contribution is 7.80. The van der Waals surface area contributed by atoms with E-state index in [0.717, 1.165) is 17.1 Å². The molecule has 0 aliphatic carbocycles. The van der Waals surface area contributed by atoms with Crippen LogP contribution in [0, 0.1) is 5.82 Å². The second-order valence-electron chi connectivity index (χ2n) is 7.78. The highest BCUT2D eigenvalue weighted by Crippen LogP contribution is 2.42. The van der Waals surface area contributed by atoms with Gasteiger partial charge in [0.25, 0.3) is 0 Å². The van der Waals surface area contributed by atoms with Gasteiger partial charge in [0.15, 0.2) is 5.11 Å². The molecule has 3 heterocycles. The van der Waals surface area contributed by atoms with Crippen LogP contribution < -0.4 is 10.2 Å². The molecule has 0 saturated carbocycles. The average Bonchev–Trinajstić information content (AvgIpc) is 3.49. The lowest BCUT2D eigenvalue weighted by molar-refractivity contribution is 0.0600. The van der Waals surface area contributed by atoms with Gasteiger partial charge >= 0.3 is 5.97 Å². The van der Waals surface area contributed by atoms with Gasteiger partial charge in [-0.15, -0.1) is 0 Å². The molecule has 4 aromatic rings. The molecular formula is C26H21FN4O2S. The average molecular weight is 473 g/mol. The maximum atomic E-state index is 13.7. The third-order valence-corrected chi connectivity index (χ3v) is 6.17. The summed E-state index contributed by atoms with van der Waals surface area (Å²) in [5, 5.41) is 3.90. The van der Waals surface area contributed by atoms with Gasteiger partial charge < -0.3 is 19.5 Å². The van der Waals surface area contributed by atoms with Crippen molar-refractivity contribution in [2.45, 2.75) is 12.1 Å². The lowest BCUT2D eigenvalue weighted by atomic mass is 10.0. The molecule has 1 aliphatic heterocycles. The Hall–Kier alpha value is -4.04. The molecule has 8 heteroatoms. The number of carbonyl (C=O) groups is 1. The highest BCUT2D eigenvalue weighted by atomic mass is 32.1. The number of ether oxygens (including phenoxy) is 1. The van der Waals surface area contributed by atoms with E-state index in [9.17, 15) is 9.18 Å². The van der Waals surface area contributed by atoms with E-state index in [2.05, 4.69) is 10.3 Å². The van der Waals surface area contributed by atoms with E-state index in [1.807, 2.05) is 58.1 Å². The third kappa shape index (κ3) is 3.82. The van der Waals surface area contributed by atoms with Crippen LogP contribution in [0.3, 0.4) is 0 Å². The molecule has 0 unspecified atom stereocenters. The van der Waals surface area contributed by atoms with E-state index in [1.165, 1.54) is 19.2 Å². The van der Waals surface area contributed by atoms with Crippen LogP contribution in [0.4, 0.5) is 10.1 Å². The van der Waals surface area contributed by atoms with Crippen molar-refractivity contribution >= 4 is 29.0 Å². The second kappa shape index (κ2) is 9.07. The number of nitrogens with zero attached hydrogens (tertiary/aromatic N) is 3. The first-order valence-electron chi connectivity index (χ1n) is 10.7. The number of rotatable bonds is 5. The van der Waals surface area contributed by atoms with Crippen LogP contribution in [0.5, 0.6) is 0 Å². The summed E-state index contributed by atoms with van der Waals surface area (Å²) < 4.78 is 20.7. The fourth-order valence-electron chi connectivity index (χ4n) is 4.36. The van der Waals surface area contributed by atoms with Gasteiger partial charge in [-0.2, -0.15) is 0 Å². The summed E-state index contributed by atoms with van der Waals surface area (Å²) in [6, 6.07) is 22.5. The number of thiocarbonyl (C=S) groups is 1. The van der Waals surface area contributed by atoms with Gasteiger partial charge in [-0.3, -0.25) is 4.98 Å². The molecule has 6 nitrogen and oxygen atoms in total. The number of halogens is 1. The molecule has 1 saturated heterocycles. The van der Waals surface area contributed by atoms with E-state index in [1.54, 1.807) is 30.5 Å². The Balaban J connectivity index is 1.69. The van der Waals surface area contributed by atoms with Crippen LogP contribution in [0.15, 0.2) is 91.3 Å². The van der Waals surface area contributed by atoms with Gasteiger partial charge in [0.05, 0.1) is 30.1 Å². The van der Waals surface area contributed by atoms with Crippen molar-refractivity contribution in [1.82, 2.24) is 14.9 Å². The Bertz CT molecular complexity index is 1340. The number of esters is 1. The molecule has 1 N–H and O–H groups in total. The first kappa shape index (κ1) is 21.8. The van der Waals surface area contributed by atoms with Crippen molar-refractivity contribution in [3.63, 3.8) is 0 Å². The number of nitrogens with one attached hydrogen (secondary N) is 1. The quantitative estimate of drug-likeness (QED) is 0.327. The predicted octanol–water partition coefficient (Wildman–Crippen LogP) is 4.98. The Labute approximate surface area is 201 Å². The van der Waals surface area contributed by atoms with E-state index in [0.29, 0.717) is 16.4 Å². The van der Waals surface area contributed by atoms with E-state index in [4.69, 9.17) is 17.0 Å². The molecule has 1 fully saturated rings. The summed E-state index contributed by atoms with van der Waals surface area (Å²) in [6.45, 7) is 0. The topological polar surface area (TPSA) is 59.4 Å². The number of hydrogen-bond acceptors (Lipinski definition) is 4. The van der Waals surface area contributed by atoms with Gasteiger partial charge in [0.1, 0.15) is 11.9 Å². The standard InChI is InChI=1S/C26H21FN4O2S/c1-33-25(32)19-7-2-3-9-21(19)30-16-6-10-22(30)24-23(20-8-4-5-15-28-20)29-26(34)31(24)18-13-11-17(27)12-14-18/h2-16,23-24H,1H3,(H,29,34)/t23-,24+/m1/s1. The third-order valence-electron chi connectivity index (χ3n) is 5.86. The van der Waals surface area contributed by atoms with Gasteiger partial charge in [-0.05, 0) is 72.9 Å². The summed E-state index contributed by atoms with van der Waals surface area (Å²) in [6.07, 6.45) is 3.64. The summed E-state index contributed by atoms with van der Waals surface area (Å²) in [4.78, 5) is 19.0. The number of anilines is 1. The fourth-order valence-corrected chi connectivity index (χ4v) is 4.70. The van der Waals surface area contributed by atoms with Crippen LogP contribution in [-0.2, 0) is 4.74 Å². The first-order chi connectivity index (χ1) is 16.6.